The number of hydrogen-bond donors (Lipinski definition) is 3. The van der Waals surface area contributed by atoms with Crippen LogP contribution < -0.4 is 16.0 Å². The van der Waals surface area contributed by atoms with Crippen LogP contribution in [0.15, 0.2) is 12.3 Å². The number of aromatic nitrogens is 2. The minimum Gasteiger partial charge on any atom is -0.358 e. The van der Waals surface area contributed by atoms with Crippen LogP contribution >= 0.6 is 0 Å². The number of nitrogens with zero attached hydrogens (tertiary/aromatic N) is 2. The minimum atomic E-state index is -0.320. The molecule has 0 aromatic carbocycles. The predicted octanol–water partition coefficient (Wildman–Crippen LogP) is 0.845. The fourth-order valence-electron chi connectivity index (χ4n) is 1.30. The first-order valence-corrected chi connectivity index (χ1v) is 5.78. The van der Waals surface area contributed by atoms with Crippen LogP contribution in [-0.4, -0.2) is 35.0 Å². The molecule has 3 N–H and O–H groups in total. The van der Waals surface area contributed by atoms with Gasteiger partial charge in [0.2, 0.25) is 11.9 Å². The summed E-state index contributed by atoms with van der Waals surface area (Å²) in [6, 6.07) is 1.41. The van der Waals surface area contributed by atoms with Crippen molar-refractivity contribution in [3.05, 3.63) is 12.3 Å². The molecule has 0 radical (unpaired) electrons. The van der Waals surface area contributed by atoms with Crippen LogP contribution in [0.3, 0.4) is 0 Å². The second-order valence-electron chi connectivity index (χ2n) is 3.56. The van der Waals surface area contributed by atoms with Gasteiger partial charge in [0.05, 0.1) is 0 Å². The van der Waals surface area contributed by atoms with E-state index in [1.807, 2.05) is 13.8 Å². The molecule has 17 heavy (non-hydrogen) atoms. The second kappa shape index (κ2) is 6.67. The fourth-order valence-corrected chi connectivity index (χ4v) is 1.30. The average Bonchev–Trinajstić information content (AvgIpc) is 2.30. The van der Waals surface area contributed by atoms with Gasteiger partial charge in [-0.2, -0.15) is 4.98 Å². The van der Waals surface area contributed by atoms with Gasteiger partial charge in [-0.1, -0.05) is 0 Å². The fraction of sp³-hybridized carbons (Fsp3) is 0.545. The first-order valence-electron chi connectivity index (χ1n) is 5.78. The zero-order valence-electron chi connectivity index (χ0n) is 10.4. The smallest absolute Gasteiger partial charge is 0.242 e. The Bertz CT molecular complexity index is 369. The molecule has 0 aliphatic carbocycles. The average molecular weight is 237 g/mol. The van der Waals surface area contributed by atoms with Crippen LogP contribution in [0.4, 0.5) is 11.8 Å². The maximum absolute atomic E-state index is 11.5. The summed E-state index contributed by atoms with van der Waals surface area (Å²) >= 11 is 0. The van der Waals surface area contributed by atoms with E-state index in [4.69, 9.17) is 0 Å². The van der Waals surface area contributed by atoms with Gasteiger partial charge in [0.15, 0.2) is 0 Å². The summed E-state index contributed by atoms with van der Waals surface area (Å²) in [7, 11) is 0. The molecule has 1 atom stereocenters. The van der Waals surface area contributed by atoms with Crippen molar-refractivity contribution < 1.29 is 4.79 Å². The summed E-state index contributed by atoms with van der Waals surface area (Å²) in [6.07, 6.45) is 1.65. The summed E-state index contributed by atoms with van der Waals surface area (Å²) in [5.74, 6) is 1.14. The number of hydrogen-bond acceptors (Lipinski definition) is 5. The Kier molecular flexibility index (Phi) is 5.19. The van der Waals surface area contributed by atoms with Crippen molar-refractivity contribution in [1.82, 2.24) is 15.3 Å². The molecule has 1 amide bonds. The van der Waals surface area contributed by atoms with Gasteiger partial charge in [-0.05, 0) is 26.8 Å². The molecule has 0 fully saturated rings. The number of carbonyl (C=O) groups excluding carboxylic acids is 1. The molecule has 6 nitrogen and oxygen atoms in total. The maximum Gasteiger partial charge on any atom is 0.242 e. The molecule has 94 valence electrons. The first-order chi connectivity index (χ1) is 8.17. The Morgan fingerprint density at radius 2 is 2.18 bits per heavy atom. The van der Waals surface area contributed by atoms with Gasteiger partial charge in [0.1, 0.15) is 11.9 Å². The van der Waals surface area contributed by atoms with Crippen molar-refractivity contribution in [1.29, 1.82) is 0 Å². The third-order valence-corrected chi connectivity index (χ3v) is 2.10. The van der Waals surface area contributed by atoms with E-state index < -0.39 is 0 Å². The van der Waals surface area contributed by atoms with Crippen LogP contribution in [0, 0.1) is 0 Å². The lowest BCUT2D eigenvalue weighted by Crippen LogP contribution is -2.37. The van der Waals surface area contributed by atoms with Gasteiger partial charge in [0, 0.05) is 19.3 Å². The summed E-state index contributed by atoms with van der Waals surface area (Å²) in [6.45, 7) is 7.03. The van der Waals surface area contributed by atoms with Gasteiger partial charge in [-0.15, -0.1) is 0 Å². The highest BCUT2D eigenvalue weighted by Gasteiger charge is 2.11. The van der Waals surface area contributed by atoms with E-state index in [0.717, 1.165) is 6.54 Å². The lowest BCUT2D eigenvalue weighted by atomic mass is 10.3. The first kappa shape index (κ1) is 13.2. The summed E-state index contributed by atoms with van der Waals surface area (Å²) in [5.41, 5.74) is 0. The van der Waals surface area contributed by atoms with Gasteiger partial charge in [-0.3, -0.25) is 4.79 Å². The van der Waals surface area contributed by atoms with Crippen molar-refractivity contribution in [2.24, 2.45) is 0 Å². The normalized spacial score (nSPS) is 11.7. The van der Waals surface area contributed by atoms with E-state index in [1.165, 1.54) is 0 Å². The molecule has 0 aliphatic heterocycles. The van der Waals surface area contributed by atoms with Crippen LogP contribution in [-0.2, 0) is 4.79 Å². The third-order valence-electron chi connectivity index (χ3n) is 2.10. The molecule has 0 spiro atoms. The minimum absolute atomic E-state index is 0.0453. The van der Waals surface area contributed by atoms with E-state index in [-0.39, 0.29) is 11.9 Å². The van der Waals surface area contributed by atoms with Gasteiger partial charge in [-0.25, -0.2) is 4.98 Å². The van der Waals surface area contributed by atoms with Crippen molar-refractivity contribution >= 4 is 17.7 Å². The van der Waals surface area contributed by atoms with Crippen LogP contribution in [0.25, 0.3) is 0 Å². The van der Waals surface area contributed by atoms with Crippen LogP contribution in [0.1, 0.15) is 20.8 Å². The van der Waals surface area contributed by atoms with Crippen molar-refractivity contribution in [3.8, 4) is 0 Å². The molecule has 1 rings (SSSR count). The Labute approximate surface area is 101 Å². The summed E-state index contributed by atoms with van der Waals surface area (Å²) in [4.78, 5) is 19.8. The Balaban J connectivity index is 2.61. The summed E-state index contributed by atoms with van der Waals surface area (Å²) < 4.78 is 0. The Morgan fingerprint density at radius 3 is 2.82 bits per heavy atom. The number of anilines is 2. The van der Waals surface area contributed by atoms with E-state index >= 15 is 0 Å². The molecule has 1 heterocycles. The number of carbonyl (C=O) groups is 1. The lowest BCUT2D eigenvalue weighted by Gasteiger charge is -2.14. The molecule has 6 heteroatoms. The Hall–Kier alpha value is -1.85. The van der Waals surface area contributed by atoms with E-state index in [0.29, 0.717) is 18.3 Å². The standard InChI is InChI=1S/C11H19N5O/c1-4-12-10(17)8(3)15-9-6-7-14-11(16-9)13-5-2/h6-8H,4-5H2,1-3H3,(H,12,17)(H2,13,14,15,16). The summed E-state index contributed by atoms with van der Waals surface area (Å²) in [5, 5.41) is 8.78. The van der Waals surface area contributed by atoms with Gasteiger partial charge < -0.3 is 16.0 Å². The Morgan fingerprint density at radius 1 is 1.41 bits per heavy atom. The zero-order valence-corrected chi connectivity index (χ0v) is 10.4. The van der Waals surface area contributed by atoms with Crippen LogP contribution in [0.2, 0.25) is 0 Å². The highest BCUT2D eigenvalue weighted by molar-refractivity contribution is 5.83. The van der Waals surface area contributed by atoms with E-state index in [2.05, 4.69) is 25.9 Å². The predicted molar refractivity (Wildman–Crippen MR) is 68.0 cm³/mol. The SMILES string of the molecule is CCNC(=O)C(C)Nc1ccnc(NCC)n1. The molecular formula is C11H19N5O. The molecule has 0 saturated heterocycles. The quantitative estimate of drug-likeness (QED) is 0.683. The highest BCUT2D eigenvalue weighted by atomic mass is 16.2. The molecular weight excluding hydrogens is 218 g/mol. The second-order valence-corrected chi connectivity index (χ2v) is 3.56. The topological polar surface area (TPSA) is 78.9 Å². The van der Waals surface area contributed by atoms with Crippen molar-refractivity contribution in [2.45, 2.75) is 26.8 Å². The molecule has 0 saturated carbocycles. The molecule has 1 unspecified atom stereocenters. The van der Waals surface area contributed by atoms with Crippen LogP contribution in [0.5, 0.6) is 0 Å². The molecule has 0 aliphatic rings. The monoisotopic (exact) mass is 237 g/mol. The number of amides is 1. The third kappa shape index (κ3) is 4.26. The van der Waals surface area contributed by atoms with Crippen molar-refractivity contribution in [2.75, 3.05) is 23.7 Å². The largest absolute Gasteiger partial charge is 0.358 e. The highest BCUT2D eigenvalue weighted by Crippen LogP contribution is 2.06. The molecule has 0 bridgehead atoms. The number of likely N-dealkylation sites (N-methyl/N-ethyl adjacent to an activating group) is 1. The van der Waals surface area contributed by atoms with Crippen molar-refractivity contribution in [3.63, 3.8) is 0 Å². The zero-order chi connectivity index (χ0) is 12.7. The number of nitrogens with one attached hydrogen (secondary N) is 3. The molecule has 1 aromatic heterocycles. The van der Waals surface area contributed by atoms with Gasteiger partial charge in [0.25, 0.3) is 0 Å². The number of rotatable bonds is 6. The van der Waals surface area contributed by atoms with E-state index in [9.17, 15) is 4.79 Å². The van der Waals surface area contributed by atoms with E-state index in [1.54, 1.807) is 19.2 Å². The lowest BCUT2D eigenvalue weighted by molar-refractivity contribution is -0.121. The maximum atomic E-state index is 11.5. The molecule has 1 aromatic rings. The van der Waals surface area contributed by atoms with Gasteiger partial charge >= 0.3 is 0 Å².